The van der Waals surface area contributed by atoms with E-state index in [2.05, 4.69) is 38.6 Å². The molecule has 4 rings (SSSR count). The first-order chi connectivity index (χ1) is 13.7. The first kappa shape index (κ1) is 18.1. The van der Waals surface area contributed by atoms with Crippen molar-refractivity contribution < 1.29 is 4.79 Å². The second kappa shape index (κ2) is 7.74. The molecule has 0 aliphatic carbocycles. The second-order valence-corrected chi connectivity index (χ2v) is 7.28. The molecule has 0 aliphatic heterocycles. The number of carbonyl (C=O) groups excluding carboxylic acids is 1. The number of nitrogens with zero attached hydrogens (tertiary/aromatic N) is 3. The number of hydrogen-bond acceptors (Lipinski definition) is 5. The number of amides is 2. The van der Waals surface area contributed by atoms with Gasteiger partial charge in [-0.15, -0.1) is 0 Å². The number of hydrogen-bond donors (Lipinski definition) is 2. The molecular weight excluding hydrogens is 370 g/mol. The molecule has 28 heavy (non-hydrogen) atoms. The number of thiazole rings is 1. The fraction of sp³-hybridized carbons (Fsp3) is 0.143. The molecule has 0 bridgehead atoms. The molecule has 0 saturated heterocycles. The van der Waals surface area contributed by atoms with E-state index in [1.54, 1.807) is 12.4 Å². The predicted octanol–water partition coefficient (Wildman–Crippen LogP) is 4.87. The van der Waals surface area contributed by atoms with Gasteiger partial charge in [0, 0.05) is 36.3 Å². The molecule has 0 saturated carbocycles. The van der Waals surface area contributed by atoms with E-state index in [0.29, 0.717) is 11.7 Å². The van der Waals surface area contributed by atoms with Crippen LogP contribution >= 0.6 is 11.3 Å². The number of carbonyl (C=O) groups is 1. The number of anilines is 1. The monoisotopic (exact) mass is 389 g/mol. The number of aryl methyl sites for hydroxylation is 1. The zero-order valence-corrected chi connectivity index (χ0v) is 16.4. The van der Waals surface area contributed by atoms with Crippen LogP contribution in [-0.4, -0.2) is 27.5 Å². The molecule has 3 aromatic heterocycles. The summed E-state index contributed by atoms with van der Waals surface area (Å²) in [6.07, 6.45) is 5.42. The molecule has 2 amide bonds. The standard InChI is InChI=1S/C21H19N5OS/c1-3-23-20(27)26-21-25-18-11-14(16-12-22-9-7-13(16)2)10-15(19(18)28-21)17-6-4-5-8-24-17/h4-12H,3H2,1-2H3,(H2,23,25,26,27). The Hall–Kier alpha value is -3.32. The van der Waals surface area contributed by atoms with E-state index < -0.39 is 0 Å². The van der Waals surface area contributed by atoms with E-state index in [-0.39, 0.29) is 6.03 Å². The van der Waals surface area contributed by atoms with Gasteiger partial charge in [0.15, 0.2) is 5.13 Å². The Kier molecular flexibility index (Phi) is 4.99. The second-order valence-electron chi connectivity index (χ2n) is 6.28. The summed E-state index contributed by atoms with van der Waals surface area (Å²) in [7, 11) is 0. The molecule has 0 atom stereocenters. The van der Waals surface area contributed by atoms with Crippen LogP contribution in [0.3, 0.4) is 0 Å². The van der Waals surface area contributed by atoms with Crippen molar-refractivity contribution in [3.63, 3.8) is 0 Å². The number of urea groups is 1. The van der Waals surface area contributed by atoms with Crippen LogP contribution in [0.5, 0.6) is 0 Å². The van der Waals surface area contributed by atoms with E-state index in [1.807, 2.05) is 43.5 Å². The van der Waals surface area contributed by atoms with Crippen LogP contribution in [-0.2, 0) is 0 Å². The molecule has 0 spiro atoms. The van der Waals surface area contributed by atoms with Crippen molar-refractivity contribution in [2.75, 3.05) is 11.9 Å². The SMILES string of the molecule is CCNC(=O)Nc1nc2cc(-c3cnccc3C)cc(-c3ccccn3)c2s1. The van der Waals surface area contributed by atoms with Crippen LogP contribution in [0.4, 0.5) is 9.93 Å². The third-order valence-corrected chi connectivity index (χ3v) is 5.36. The number of nitrogens with one attached hydrogen (secondary N) is 2. The molecule has 0 fully saturated rings. The van der Waals surface area contributed by atoms with E-state index >= 15 is 0 Å². The van der Waals surface area contributed by atoms with Gasteiger partial charge in [-0.3, -0.25) is 15.3 Å². The molecule has 140 valence electrons. The molecule has 0 unspecified atom stereocenters. The molecule has 2 N–H and O–H groups in total. The first-order valence-electron chi connectivity index (χ1n) is 8.97. The summed E-state index contributed by atoms with van der Waals surface area (Å²) < 4.78 is 0.982. The van der Waals surface area contributed by atoms with Gasteiger partial charge in [0.25, 0.3) is 0 Å². The summed E-state index contributed by atoms with van der Waals surface area (Å²) in [5.41, 5.74) is 5.87. The van der Waals surface area contributed by atoms with Gasteiger partial charge in [-0.25, -0.2) is 9.78 Å². The quantitative estimate of drug-likeness (QED) is 0.522. The van der Waals surface area contributed by atoms with E-state index in [1.165, 1.54) is 11.3 Å². The van der Waals surface area contributed by atoms with Crippen LogP contribution in [0.25, 0.3) is 32.6 Å². The predicted molar refractivity (Wildman–Crippen MR) is 114 cm³/mol. The lowest BCUT2D eigenvalue weighted by molar-refractivity contribution is 0.252. The minimum atomic E-state index is -0.260. The van der Waals surface area contributed by atoms with Gasteiger partial charge < -0.3 is 5.32 Å². The Morgan fingerprint density at radius 2 is 2.04 bits per heavy atom. The van der Waals surface area contributed by atoms with Gasteiger partial charge in [-0.2, -0.15) is 0 Å². The third-order valence-electron chi connectivity index (χ3n) is 4.34. The fourth-order valence-electron chi connectivity index (χ4n) is 3.02. The number of fused-ring (bicyclic) bond motifs is 1. The smallest absolute Gasteiger partial charge is 0.321 e. The Labute approximate surface area is 166 Å². The van der Waals surface area contributed by atoms with E-state index in [0.717, 1.165) is 38.2 Å². The topological polar surface area (TPSA) is 79.8 Å². The lowest BCUT2D eigenvalue weighted by Gasteiger charge is -2.09. The zero-order chi connectivity index (χ0) is 19.5. The molecule has 6 nitrogen and oxygen atoms in total. The van der Waals surface area contributed by atoms with Crippen molar-refractivity contribution in [2.24, 2.45) is 0 Å². The highest BCUT2D eigenvalue weighted by Crippen LogP contribution is 2.38. The van der Waals surface area contributed by atoms with Gasteiger partial charge in [0.2, 0.25) is 0 Å². The Balaban J connectivity index is 1.89. The summed E-state index contributed by atoms with van der Waals surface area (Å²) >= 11 is 1.44. The van der Waals surface area contributed by atoms with Crippen LogP contribution < -0.4 is 10.6 Å². The van der Waals surface area contributed by atoms with Crippen LogP contribution in [0.1, 0.15) is 12.5 Å². The van der Waals surface area contributed by atoms with Gasteiger partial charge in [0.05, 0.1) is 15.9 Å². The number of rotatable bonds is 4. The maximum atomic E-state index is 11.9. The van der Waals surface area contributed by atoms with Crippen molar-refractivity contribution in [1.82, 2.24) is 20.3 Å². The molecule has 7 heteroatoms. The summed E-state index contributed by atoms with van der Waals surface area (Å²) in [5, 5.41) is 6.09. The van der Waals surface area contributed by atoms with Gasteiger partial charge in [-0.1, -0.05) is 17.4 Å². The summed E-state index contributed by atoms with van der Waals surface area (Å²) in [5.74, 6) is 0. The highest BCUT2D eigenvalue weighted by molar-refractivity contribution is 7.22. The molecule has 0 aliphatic rings. The van der Waals surface area contributed by atoms with Gasteiger partial charge >= 0.3 is 6.03 Å². The highest BCUT2D eigenvalue weighted by Gasteiger charge is 2.15. The average molecular weight is 389 g/mol. The van der Waals surface area contributed by atoms with Crippen LogP contribution in [0.15, 0.2) is 55.0 Å². The Morgan fingerprint density at radius 3 is 2.79 bits per heavy atom. The fourth-order valence-corrected chi connectivity index (χ4v) is 3.99. The lowest BCUT2D eigenvalue weighted by Crippen LogP contribution is -2.28. The maximum Gasteiger partial charge on any atom is 0.321 e. The van der Waals surface area contributed by atoms with Gasteiger partial charge in [0.1, 0.15) is 0 Å². The van der Waals surface area contributed by atoms with Crippen LogP contribution in [0, 0.1) is 6.92 Å². The van der Waals surface area contributed by atoms with Crippen LogP contribution in [0.2, 0.25) is 0 Å². The Morgan fingerprint density at radius 1 is 1.14 bits per heavy atom. The van der Waals surface area contributed by atoms with Crippen molar-refractivity contribution in [3.05, 3.63) is 60.6 Å². The van der Waals surface area contributed by atoms with Crippen molar-refractivity contribution in [2.45, 2.75) is 13.8 Å². The van der Waals surface area contributed by atoms with Crippen molar-refractivity contribution in [1.29, 1.82) is 0 Å². The highest BCUT2D eigenvalue weighted by atomic mass is 32.1. The van der Waals surface area contributed by atoms with Gasteiger partial charge in [-0.05, 0) is 55.3 Å². The van der Waals surface area contributed by atoms with Crippen molar-refractivity contribution in [3.8, 4) is 22.4 Å². The van der Waals surface area contributed by atoms with E-state index in [9.17, 15) is 4.79 Å². The molecule has 1 aromatic carbocycles. The minimum absolute atomic E-state index is 0.260. The third kappa shape index (κ3) is 3.57. The van der Waals surface area contributed by atoms with Crippen molar-refractivity contribution >= 4 is 32.7 Å². The first-order valence-corrected chi connectivity index (χ1v) is 9.79. The number of pyridine rings is 2. The number of aromatic nitrogens is 3. The average Bonchev–Trinajstić information content (AvgIpc) is 3.10. The molecule has 3 heterocycles. The molecule has 0 radical (unpaired) electrons. The summed E-state index contributed by atoms with van der Waals surface area (Å²) in [4.78, 5) is 25.3. The zero-order valence-electron chi connectivity index (χ0n) is 15.6. The minimum Gasteiger partial charge on any atom is -0.338 e. The largest absolute Gasteiger partial charge is 0.338 e. The lowest BCUT2D eigenvalue weighted by atomic mass is 9.99. The summed E-state index contributed by atoms with van der Waals surface area (Å²) in [6, 6.07) is 11.7. The molecule has 4 aromatic rings. The summed E-state index contributed by atoms with van der Waals surface area (Å²) in [6.45, 7) is 4.49. The molecular formula is C21H19N5OS. The Bertz CT molecular complexity index is 1140. The number of benzene rings is 1. The van der Waals surface area contributed by atoms with E-state index in [4.69, 9.17) is 0 Å². The normalized spacial score (nSPS) is 10.8. The maximum absolute atomic E-state index is 11.9.